The maximum atomic E-state index is 13.5. The van der Waals surface area contributed by atoms with Gasteiger partial charge in [-0.25, -0.2) is 4.39 Å². The summed E-state index contributed by atoms with van der Waals surface area (Å²) in [5.74, 6) is -0.323. The number of nitrogens with one attached hydrogen (secondary N) is 1. The lowest BCUT2D eigenvalue weighted by atomic mass is 9.97. The maximum absolute atomic E-state index is 13.5. The Labute approximate surface area is 132 Å². The number of rotatable bonds is 3. The van der Waals surface area contributed by atoms with Crippen LogP contribution in [-0.4, -0.2) is 7.05 Å². The van der Waals surface area contributed by atoms with Crippen LogP contribution in [0.25, 0.3) is 0 Å². The van der Waals surface area contributed by atoms with E-state index in [0.29, 0.717) is 20.6 Å². The molecule has 0 aliphatic heterocycles. The lowest BCUT2D eigenvalue weighted by molar-refractivity contribution is 0.614. The normalized spacial score (nSPS) is 12.5. The van der Waals surface area contributed by atoms with E-state index in [9.17, 15) is 4.39 Å². The SMILES string of the molecule is CNC(c1ccc(Cl)cc1Cl)c1cc(C)c(F)cc1Cl. The summed E-state index contributed by atoms with van der Waals surface area (Å²) in [6.45, 7) is 1.70. The van der Waals surface area contributed by atoms with Gasteiger partial charge in [0.25, 0.3) is 0 Å². The van der Waals surface area contributed by atoms with E-state index in [1.54, 1.807) is 32.2 Å². The minimum Gasteiger partial charge on any atom is -0.309 e. The molecule has 0 bridgehead atoms. The van der Waals surface area contributed by atoms with Crippen molar-refractivity contribution < 1.29 is 4.39 Å². The quantitative estimate of drug-likeness (QED) is 0.793. The number of benzene rings is 2. The maximum Gasteiger partial charge on any atom is 0.127 e. The molecule has 1 nitrogen and oxygen atoms in total. The lowest BCUT2D eigenvalue weighted by Crippen LogP contribution is -2.19. The fourth-order valence-corrected chi connectivity index (χ4v) is 2.89. The predicted molar refractivity (Wildman–Crippen MR) is 83.5 cm³/mol. The largest absolute Gasteiger partial charge is 0.309 e. The van der Waals surface area contributed by atoms with Crippen molar-refractivity contribution in [3.63, 3.8) is 0 Å². The standard InChI is InChI=1S/C15H13Cl3FN/c1-8-5-11(13(18)7-14(8)19)15(20-2)10-4-3-9(16)6-12(10)17/h3-7,15,20H,1-2H3. The van der Waals surface area contributed by atoms with Crippen molar-refractivity contribution >= 4 is 34.8 Å². The molecule has 0 saturated carbocycles. The summed E-state index contributed by atoms with van der Waals surface area (Å²) < 4.78 is 13.5. The Morgan fingerprint density at radius 3 is 2.25 bits per heavy atom. The van der Waals surface area contributed by atoms with Gasteiger partial charge in [0.2, 0.25) is 0 Å². The summed E-state index contributed by atoms with van der Waals surface area (Å²) in [5, 5.41) is 4.61. The molecular formula is C15H13Cl3FN. The fourth-order valence-electron chi connectivity index (χ4n) is 2.11. The van der Waals surface area contributed by atoms with E-state index in [1.807, 2.05) is 6.07 Å². The first kappa shape index (κ1) is 15.6. The predicted octanol–water partition coefficient (Wildman–Crippen LogP) is 5.40. The van der Waals surface area contributed by atoms with Gasteiger partial charge in [-0.2, -0.15) is 0 Å². The summed E-state index contributed by atoms with van der Waals surface area (Å²) >= 11 is 18.3. The minimum atomic E-state index is -0.323. The second-order valence-corrected chi connectivity index (χ2v) is 5.76. The lowest BCUT2D eigenvalue weighted by Gasteiger charge is -2.20. The van der Waals surface area contributed by atoms with E-state index >= 15 is 0 Å². The Kier molecular flexibility index (Phi) is 4.92. The molecule has 0 heterocycles. The molecule has 2 aromatic rings. The van der Waals surface area contributed by atoms with Crippen LogP contribution >= 0.6 is 34.8 Å². The number of hydrogen-bond donors (Lipinski definition) is 1. The van der Waals surface area contributed by atoms with Crippen molar-refractivity contribution in [2.45, 2.75) is 13.0 Å². The van der Waals surface area contributed by atoms with Gasteiger partial charge in [0.05, 0.1) is 6.04 Å². The smallest absolute Gasteiger partial charge is 0.127 e. The van der Waals surface area contributed by atoms with Gasteiger partial charge in [-0.05, 0) is 54.9 Å². The van der Waals surface area contributed by atoms with Crippen LogP contribution in [0.2, 0.25) is 15.1 Å². The van der Waals surface area contributed by atoms with Gasteiger partial charge < -0.3 is 5.32 Å². The first-order chi connectivity index (χ1) is 9.43. The molecule has 106 valence electrons. The highest BCUT2D eigenvalue weighted by Gasteiger charge is 2.19. The molecule has 0 aromatic heterocycles. The van der Waals surface area contributed by atoms with E-state index < -0.39 is 0 Å². The summed E-state index contributed by atoms with van der Waals surface area (Å²) in [4.78, 5) is 0. The van der Waals surface area contributed by atoms with Gasteiger partial charge >= 0.3 is 0 Å². The van der Waals surface area contributed by atoms with Gasteiger partial charge in [0, 0.05) is 15.1 Å². The van der Waals surface area contributed by atoms with Gasteiger partial charge in [-0.15, -0.1) is 0 Å². The molecule has 1 unspecified atom stereocenters. The third kappa shape index (κ3) is 3.09. The van der Waals surface area contributed by atoms with E-state index in [4.69, 9.17) is 34.8 Å². The Balaban J connectivity index is 2.55. The molecule has 0 aliphatic rings. The molecule has 0 fully saturated rings. The van der Waals surface area contributed by atoms with Crippen LogP contribution in [0.5, 0.6) is 0 Å². The van der Waals surface area contributed by atoms with E-state index in [1.165, 1.54) is 6.07 Å². The molecule has 20 heavy (non-hydrogen) atoms. The van der Waals surface area contributed by atoms with Gasteiger partial charge in [-0.3, -0.25) is 0 Å². The molecule has 0 saturated heterocycles. The zero-order valence-electron chi connectivity index (χ0n) is 11.0. The summed E-state index contributed by atoms with van der Waals surface area (Å²) in [6, 6.07) is 8.08. The molecule has 1 N–H and O–H groups in total. The Morgan fingerprint density at radius 1 is 1.00 bits per heavy atom. The van der Waals surface area contributed by atoms with Crippen LogP contribution in [0.4, 0.5) is 4.39 Å². The van der Waals surface area contributed by atoms with Crippen LogP contribution in [0.15, 0.2) is 30.3 Å². The van der Waals surface area contributed by atoms with E-state index in [-0.39, 0.29) is 11.9 Å². The van der Waals surface area contributed by atoms with Crippen molar-refractivity contribution in [3.8, 4) is 0 Å². The summed E-state index contributed by atoms with van der Waals surface area (Å²) in [5.41, 5.74) is 2.15. The summed E-state index contributed by atoms with van der Waals surface area (Å²) in [7, 11) is 1.80. The van der Waals surface area contributed by atoms with Gasteiger partial charge in [-0.1, -0.05) is 40.9 Å². The minimum absolute atomic E-state index is 0.230. The second-order valence-electron chi connectivity index (χ2n) is 4.51. The first-order valence-corrected chi connectivity index (χ1v) is 7.15. The van der Waals surface area contributed by atoms with Gasteiger partial charge in [0.1, 0.15) is 5.82 Å². The van der Waals surface area contributed by atoms with E-state index in [2.05, 4.69) is 5.32 Å². The van der Waals surface area contributed by atoms with Crippen molar-refractivity contribution in [1.82, 2.24) is 5.32 Å². The number of hydrogen-bond acceptors (Lipinski definition) is 1. The monoisotopic (exact) mass is 331 g/mol. The third-order valence-electron chi connectivity index (χ3n) is 3.15. The molecular weight excluding hydrogens is 320 g/mol. The fraction of sp³-hybridized carbons (Fsp3) is 0.200. The van der Waals surface area contributed by atoms with Crippen LogP contribution in [0.3, 0.4) is 0 Å². The average Bonchev–Trinajstić information content (AvgIpc) is 2.38. The van der Waals surface area contributed by atoms with Crippen molar-refractivity contribution in [2.24, 2.45) is 0 Å². The van der Waals surface area contributed by atoms with Crippen LogP contribution in [0, 0.1) is 12.7 Å². The highest BCUT2D eigenvalue weighted by Crippen LogP contribution is 2.34. The molecule has 0 radical (unpaired) electrons. The Bertz CT molecular complexity index is 643. The van der Waals surface area contributed by atoms with Gasteiger partial charge in [0.15, 0.2) is 0 Å². The molecule has 0 amide bonds. The molecule has 2 aromatic carbocycles. The number of aryl methyl sites for hydroxylation is 1. The summed E-state index contributed by atoms with van der Waals surface area (Å²) in [6.07, 6.45) is 0. The Morgan fingerprint density at radius 2 is 1.65 bits per heavy atom. The third-order valence-corrected chi connectivity index (χ3v) is 4.04. The Hall–Kier alpha value is -0.800. The average molecular weight is 333 g/mol. The van der Waals surface area contributed by atoms with Crippen LogP contribution in [-0.2, 0) is 0 Å². The first-order valence-electron chi connectivity index (χ1n) is 6.01. The molecule has 2 rings (SSSR count). The van der Waals surface area contributed by atoms with Crippen molar-refractivity contribution in [3.05, 3.63) is 67.9 Å². The number of halogens is 4. The van der Waals surface area contributed by atoms with Crippen LogP contribution < -0.4 is 5.32 Å². The van der Waals surface area contributed by atoms with Crippen LogP contribution in [0.1, 0.15) is 22.7 Å². The molecule has 0 spiro atoms. The highest BCUT2D eigenvalue weighted by molar-refractivity contribution is 6.35. The topological polar surface area (TPSA) is 12.0 Å². The zero-order valence-corrected chi connectivity index (χ0v) is 13.2. The molecule has 0 aliphatic carbocycles. The highest BCUT2D eigenvalue weighted by atomic mass is 35.5. The zero-order chi connectivity index (χ0) is 14.9. The molecule has 1 atom stereocenters. The van der Waals surface area contributed by atoms with Crippen molar-refractivity contribution in [1.29, 1.82) is 0 Å². The second kappa shape index (κ2) is 6.31. The van der Waals surface area contributed by atoms with E-state index in [0.717, 1.165) is 11.1 Å². The molecule has 5 heteroatoms. The van der Waals surface area contributed by atoms with Crippen molar-refractivity contribution in [2.75, 3.05) is 7.05 Å².